The van der Waals surface area contributed by atoms with Crippen LogP contribution in [-0.2, 0) is 20.8 Å². The third-order valence-corrected chi connectivity index (χ3v) is 1.38. The van der Waals surface area contributed by atoms with Gasteiger partial charge in [0.2, 0.25) is 0 Å². The van der Waals surface area contributed by atoms with Gasteiger partial charge in [0.1, 0.15) is 0 Å². The van der Waals surface area contributed by atoms with Crippen LogP contribution in [0.3, 0.4) is 0 Å². The molecule has 0 bridgehead atoms. The molecule has 61 valence electrons. The fourth-order valence-electron chi connectivity index (χ4n) is 0.847. The van der Waals surface area contributed by atoms with Crippen LogP contribution in [0.5, 0.6) is 0 Å². The molecular formula is C8H11Cl2Zr. The molecule has 1 radical (unpaired) electrons. The number of allylic oxidation sites excluding steroid dienone is 4. The van der Waals surface area contributed by atoms with Crippen molar-refractivity contribution in [2.75, 3.05) is 0 Å². The number of hydrogen-bond donors (Lipinski definition) is 0. The van der Waals surface area contributed by atoms with E-state index in [4.69, 9.17) is 17.0 Å². The van der Waals surface area contributed by atoms with Crippen molar-refractivity contribution in [2.45, 2.75) is 20.3 Å². The number of rotatable bonds is 1. The van der Waals surface area contributed by atoms with Gasteiger partial charge in [-0.15, -0.1) is 0 Å². The molecule has 0 fully saturated rings. The van der Waals surface area contributed by atoms with Crippen LogP contribution in [0, 0.1) is 5.92 Å². The van der Waals surface area contributed by atoms with Crippen LogP contribution in [0.2, 0.25) is 0 Å². The summed E-state index contributed by atoms with van der Waals surface area (Å²) in [5, 5.41) is 0. The molecule has 0 aromatic heterocycles. The number of hydrogen-bond acceptors (Lipinski definition) is 0. The van der Waals surface area contributed by atoms with Crippen molar-refractivity contribution in [3.63, 3.8) is 0 Å². The Kier molecular flexibility index (Phi) is 8.24. The van der Waals surface area contributed by atoms with Crippen molar-refractivity contribution in [1.82, 2.24) is 0 Å². The van der Waals surface area contributed by atoms with E-state index < -0.39 is 20.8 Å². The van der Waals surface area contributed by atoms with E-state index in [0.29, 0.717) is 0 Å². The standard InChI is InChI=1S/C8H11.2ClH.Zr/c1-3-8-5-4-7(2)6-8;;;/h4-6H,3H2,1-2H3;2*1H;/q;;;+2/p-2. The summed E-state index contributed by atoms with van der Waals surface area (Å²) >= 11 is -0.826. The van der Waals surface area contributed by atoms with Crippen LogP contribution in [-0.4, -0.2) is 0 Å². The summed E-state index contributed by atoms with van der Waals surface area (Å²) in [7, 11) is 9.87. The average Bonchev–Trinajstić information content (AvgIpc) is 2.37. The molecular weight excluding hydrogens is 258 g/mol. The zero-order valence-electron chi connectivity index (χ0n) is 6.70. The van der Waals surface area contributed by atoms with Gasteiger partial charge in [-0.1, -0.05) is 30.7 Å². The van der Waals surface area contributed by atoms with E-state index in [1.807, 2.05) is 0 Å². The van der Waals surface area contributed by atoms with Crippen LogP contribution in [0.15, 0.2) is 23.8 Å². The SMILES string of the molecule is CC[C]1C=CC(C)=C1.[Cl][Zr][Cl]. The topological polar surface area (TPSA) is 0 Å². The second-order valence-corrected chi connectivity index (χ2v) is 5.95. The fourth-order valence-corrected chi connectivity index (χ4v) is 0.847. The Bertz CT molecular complexity index is 152. The predicted octanol–water partition coefficient (Wildman–Crippen LogP) is 3.86. The summed E-state index contributed by atoms with van der Waals surface area (Å²) in [4.78, 5) is 0. The molecule has 11 heavy (non-hydrogen) atoms. The first-order valence-corrected chi connectivity index (χ1v) is 9.76. The van der Waals surface area contributed by atoms with Crippen molar-refractivity contribution < 1.29 is 20.8 Å². The molecule has 0 atom stereocenters. The zero-order chi connectivity index (χ0) is 8.69. The molecule has 0 spiro atoms. The summed E-state index contributed by atoms with van der Waals surface area (Å²) in [5.74, 6) is 1.45. The monoisotopic (exact) mass is 267 g/mol. The van der Waals surface area contributed by atoms with Crippen molar-refractivity contribution >= 4 is 17.0 Å². The summed E-state index contributed by atoms with van der Waals surface area (Å²) in [6, 6.07) is 0. The van der Waals surface area contributed by atoms with Gasteiger partial charge in [-0.3, -0.25) is 0 Å². The first-order chi connectivity index (χ1) is 5.24. The second-order valence-electron chi connectivity index (χ2n) is 2.22. The van der Waals surface area contributed by atoms with E-state index in [1.54, 1.807) is 0 Å². The van der Waals surface area contributed by atoms with Gasteiger partial charge in [-0.2, -0.15) is 0 Å². The maximum atomic E-state index is 4.93. The van der Waals surface area contributed by atoms with Crippen molar-refractivity contribution in [3.8, 4) is 0 Å². The van der Waals surface area contributed by atoms with Gasteiger partial charge < -0.3 is 0 Å². The minimum absolute atomic E-state index is 0.826. The molecule has 0 aliphatic heterocycles. The van der Waals surface area contributed by atoms with Gasteiger partial charge in [0.05, 0.1) is 0 Å². The second kappa shape index (κ2) is 7.58. The van der Waals surface area contributed by atoms with Crippen LogP contribution in [0.25, 0.3) is 0 Å². The Morgan fingerprint density at radius 1 is 1.36 bits per heavy atom. The van der Waals surface area contributed by atoms with Crippen LogP contribution >= 0.6 is 17.0 Å². The van der Waals surface area contributed by atoms with E-state index in [1.165, 1.54) is 11.5 Å². The van der Waals surface area contributed by atoms with E-state index in [2.05, 4.69) is 32.1 Å². The molecule has 0 saturated carbocycles. The van der Waals surface area contributed by atoms with Crippen LogP contribution < -0.4 is 0 Å². The molecule has 0 aromatic rings. The molecule has 1 aliphatic rings. The van der Waals surface area contributed by atoms with Crippen molar-refractivity contribution in [3.05, 3.63) is 29.7 Å². The Morgan fingerprint density at radius 2 is 1.91 bits per heavy atom. The maximum absolute atomic E-state index is 4.93. The molecule has 0 nitrogen and oxygen atoms in total. The Morgan fingerprint density at radius 3 is 2.09 bits per heavy atom. The zero-order valence-corrected chi connectivity index (χ0v) is 10.7. The quantitative estimate of drug-likeness (QED) is 0.678. The fraction of sp³-hybridized carbons (Fsp3) is 0.375. The molecule has 0 unspecified atom stereocenters. The van der Waals surface area contributed by atoms with E-state index in [9.17, 15) is 0 Å². The summed E-state index contributed by atoms with van der Waals surface area (Å²) in [5.41, 5.74) is 1.38. The minimum atomic E-state index is -0.826. The number of halogens is 2. The van der Waals surface area contributed by atoms with E-state index in [0.717, 1.165) is 6.42 Å². The van der Waals surface area contributed by atoms with Gasteiger partial charge >= 0.3 is 37.9 Å². The average molecular weight is 269 g/mol. The van der Waals surface area contributed by atoms with Crippen molar-refractivity contribution in [1.29, 1.82) is 0 Å². The Balaban J connectivity index is 0.000000292. The molecule has 3 heteroatoms. The normalized spacial score (nSPS) is 15.5. The third-order valence-electron chi connectivity index (χ3n) is 1.38. The van der Waals surface area contributed by atoms with Gasteiger partial charge in [-0.05, 0) is 13.3 Å². The Labute approximate surface area is 87.3 Å². The predicted molar refractivity (Wildman–Crippen MR) is 48.1 cm³/mol. The van der Waals surface area contributed by atoms with Crippen molar-refractivity contribution in [2.24, 2.45) is 0 Å². The molecule has 1 rings (SSSR count). The molecule has 0 heterocycles. The van der Waals surface area contributed by atoms with E-state index in [-0.39, 0.29) is 0 Å². The van der Waals surface area contributed by atoms with E-state index >= 15 is 0 Å². The molecule has 0 N–H and O–H groups in total. The summed E-state index contributed by atoms with van der Waals surface area (Å²) in [6.07, 6.45) is 7.71. The van der Waals surface area contributed by atoms with Gasteiger partial charge in [0.25, 0.3) is 0 Å². The summed E-state index contributed by atoms with van der Waals surface area (Å²) < 4.78 is 0. The van der Waals surface area contributed by atoms with Crippen LogP contribution in [0.1, 0.15) is 20.3 Å². The van der Waals surface area contributed by atoms with Crippen LogP contribution in [0.4, 0.5) is 0 Å². The van der Waals surface area contributed by atoms with Gasteiger partial charge in [-0.25, -0.2) is 0 Å². The molecule has 0 amide bonds. The molecule has 0 saturated heterocycles. The summed E-state index contributed by atoms with van der Waals surface area (Å²) in [6.45, 7) is 4.30. The van der Waals surface area contributed by atoms with Gasteiger partial charge in [0, 0.05) is 5.92 Å². The molecule has 0 aromatic carbocycles. The third kappa shape index (κ3) is 6.14. The first kappa shape index (κ1) is 11.9. The first-order valence-electron chi connectivity index (χ1n) is 3.43. The molecule has 1 aliphatic carbocycles. The van der Waals surface area contributed by atoms with Gasteiger partial charge in [0.15, 0.2) is 0 Å². The Hall–Kier alpha value is 0.943.